The van der Waals surface area contributed by atoms with Crippen LogP contribution in [0.15, 0.2) is 27.4 Å². The Labute approximate surface area is 68.3 Å². The van der Waals surface area contributed by atoms with Gasteiger partial charge in [0, 0.05) is 12.5 Å². The number of hydrogen-bond acceptors (Lipinski definition) is 3. The van der Waals surface area contributed by atoms with Crippen molar-refractivity contribution in [1.29, 1.82) is 0 Å². The molecule has 2 rings (SSSR count). The predicted molar refractivity (Wildman–Crippen MR) is 43.0 cm³/mol. The highest BCUT2D eigenvalue weighted by atomic mass is 16.4. The summed E-state index contributed by atoms with van der Waals surface area (Å²) in [5.41, 5.74) is 0.0743. The van der Waals surface area contributed by atoms with Crippen molar-refractivity contribution in [2.45, 2.75) is 6.42 Å². The molecule has 60 valence electrons. The maximum atomic E-state index is 11.2. The van der Waals surface area contributed by atoms with E-state index in [1.807, 2.05) is 0 Å². The van der Waals surface area contributed by atoms with Crippen LogP contribution in [-0.4, -0.2) is 5.78 Å². The van der Waals surface area contributed by atoms with Crippen molar-refractivity contribution < 1.29 is 9.21 Å². The number of ketones is 1. The number of carbonyl (C=O) groups excluding carboxylic acids is 1. The maximum Gasteiger partial charge on any atom is 0.336 e. The van der Waals surface area contributed by atoms with Gasteiger partial charge in [0.1, 0.15) is 5.76 Å². The molecule has 0 fully saturated rings. The zero-order valence-corrected chi connectivity index (χ0v) is 6.24. The smallest absolute Gasteiger partial charge is 0.336 e. The van der Waals surface area contributed by atoms with Crippen LogP contribution in [0, 0.1) is 0 Å². The number of hydrogen-bond donors (Lipinski definition) is 0. The van der Waals surface area contributed by atoms with Gasteiger partial charge < -0.3 is 4.42 Å². The Bertz CT molecular complexity index is 412. The third kappa shape index (κ3) is 0.993. The summed E-state index contributed by atoms with van der Waals surface area (Å²) in [4.78, 5) is 21.9. The van der Waals surface area contributed by atoms with E-state index in [4.69, 9.17) is 4.42 Å². The van der Waals surface area contributed by atoms with Gasteiger partial charge in [0.2, 0.25) is 0 Å². The van der Waals surface area contributed by atoms with Gasteiger partial charge >= 0.3 is 5.63 Å². The van der Waals surface area contributed by atoms with Crippen molar-refractivity contribution in [3.63, 3.8) is 0 Å². The molecule has 0 saturated carbocycles. The molecule has 1 aromatic rings. The number of allylic oxidation sites excluding steroid dienone is 1. The first-order chi connectivity index (χ1) is 5.77. The molecule has 0 bridgehead atoms. The standard InChI is InChI=1S/C9H6O3/c10-7-2-1-3-8-6(7)4-5-9(11)12-8/h1,3-5H,2H2. The van der Waals surface area contributed by atoms with E-state index in [1.54, 1.807) is 12.2 Å². The van der Waals surface area contributed by atoms with E-state index < -0.39 is 5.63 Å². The second-order valence-electron chi connectivity index (χ2n) is 2.56. The fourth-order valence-corrected chi connectivity index (χ4v) is 1.17. The Morgan fingerprint density at radius 2 is 2.08 bits per heavy atom. The van der Waals surface area contributed by atoms with Crippen LogP contribution >= 0.6 is 0 Å². The molecule has 12 heavy (non-hydrogen) atoms. The second-order valence-corrected chi connectivity index (χ2v) is 2.56. The van der Waals surface area contributed by atoms with Crippen LogP contribution < -0.4 is 5.63 Å². The van der Waals surface area contributed by atoms with Crippen LogP contribution in [0.1, 0.15) is 22.5 Å². The molecule has 0 spiro atoms. The number of fused-ring (bicyclic) bond motifs is 1. The Morgan fingerprint density at radius 1 is 1.25 bits per heavy atom. The van der Waals surface area contributed by atoms with E-state index in [9.17, 15) is 9.59 Å². The van der Waals surface area contributed by atoms with Gasteiger partial charge in [-0.05, 0) is 12.1 Å². The van der Waals surface area contributed by atoms with E-state index in [1.165, 1.54) is 12.1 Å². The zero-order chi connectivity index (χ0) is 8.55. The van der Waals surface area contributed by atoms with Crippen LogP contribution in [0.5, 0.6) is 0 Å². The molecule has 0 unspecified atom stereocenters. The van der Waals surface area contributed by atoms with Crippen molar-refractivity contribution in [2.75, 3.05) is 0 Å². The average molecular weight is 162 g/mol. The summed E-state index contributed by atoms with van der Waals surface area (Å²) in [7, 11) is 0. The molecule has 0 aliphatic heterocycles. The molecule has 1 heterocycles. The average Bonchev–Trinajstić information content (AvgIpc) is 2.04. The van der Waals surface area contributed by atoms with E-state index in [0.29, 0.717) is 17.7 Å². The highest BCUT2D eigenvalue weighted by molar-refractivity contribution is 6.01. The molecule has 0 radical (unpaired) electrons. The number of Topliss-reactive ketones (excluding diaryl/α,β-unsaturated/α-hetero) is 1. The van der Waals surface area contributed by atoms with Crippen molar-refractivity contribution in [2.24, 2.45) is 0 Å². The summed E-state index contributed by atoms with van der Waals surface area (Å²) in [6, 6.07) is 2.77. The first-order valence-electron chi connectivity index (χ1n) is 3.61. The molecular formula is C9H6O3. The molecule has 0 atom stereocenters. The fraction of sp³-hybridized carbons (Fsp3) is 0.111. The molecule has 1 aromatic heterocycles. The van der Waals surface area contributed by atoms with E-state index in [0.717, 1.165) is 0 Å². The monoisotopic (exact) mass is 162 g/mol. The molecule has 0 amide bonds. The van der Waals surface area contributed by atoms with Gasteiger partial charge in [-0.15, -0.1) is 0 Å². The first kappa shape index (κ1) is 7.03. The van der Waals surface area contributed by atoms with Gasteiger partial charge in [-0.1, -0.05) is 6.08 Å². The molecule has 1 aliphatic carbocycles. The molecule has 0 N–H and O–H groups in total. The fourth-order valence-electron chi connectivity index (χ4n) is 1.17. The van der Waals surface area contributed by atoms with Gasteiger partial charge in [-0.25, -0.2) is 4.79 Å². The van der Waals surface area contributed by atoms with Gasteiger partial charge in [-0.3, -0.25) is 4.79 Å². The van der Waals surface area contributed by atoms with Gasteiger partial charge in [0.15, 0.2) is 5.78 Å². The third-order valence-electron chi connectivity index (χ3n) is 1.73. The van der Waals surface area contributed by atoms with E-state index in [-0.39, 0.29) is 5.78 Å². The minimum Gasteiger partial charge on any atom is -0.423 e. The van der Waals surface area contributed by atoms with Crippen LogP contribution in [-0.2, 0) is 0 Å². The topological polar surface area (TPSA) is 47.3 Å². The Kier molecular flexibility index (Phi) is 1.43. The minimum absolute atomic E-state index is 0.00347. The summed E-state index contributed by atoms with van der Waals surface area (Å²) in [5.74, 6) is 0.370. The Balaban J connectivity index is 2.70. The van der Waals surface area contributed by atoms with Crippen LogP contribution in [0.25, 0.3) is 6.08 Å². The summed E-state index contributed by atoms with van der Waals surface area (Å²) in [5, 5.41) is 0. The third-order valence-corrected chi connectivity index (χ3v) is 1.73. The Morgan fingerprint density at radius 3 is 2.92 bits per heavy atom. The lowest BCUT2D eigenvalue weighted by atomic mass is 10.0. The molecule has 1 aliphatic rings. The summed E-state index contributed by atoms with van der Waals surface area (Å²) in [6.07, 6.45) is 3.73. The van der Waals surface area contributed by atoms with E-state index in [2.05, 4.69) is 0 Å². The molecule has 3 nitrogen and oxygen atoms in total. The molecule has 0 aromatic carbocycles. The van der Waals surface area contributed by atoms with Crippen molar-refractivity contribution in [3.8, 4) is 0 Å². The zero-order valence-electron chi connectivity index (χ0n) is 6.24. The summed E-state index contributed by atoms with van der Waals surface area (Å²) >= 11 is 0. The number of carbonyl (C=O) groups is 1. The Hall–Kier alpha value is -1.64. The summed E-state index contributed by atoms with van der Waals surface area (Å²) in [6.45, 7) is 0. The highest BCUT2D eigenvalue weighted by Gasteiger charge is 2.14. The first-order valence-corrected chi connectivity index (χ1v) is 3.61. The lowest BCUT2D eigenvalue weighted by Gasteiger charge is -2.05. The van der Waals surface area contributed by atoms with Crippen LogP contribution in [0.4, 0.5) is 0 Å². The van der Waals surface area contributed by atoms with Crippen LogP contribution in [0.2, 0.25) is 0 Å². The molecule has 3 heteroatoms. The molecular weight excluding hydrogens is 156 g/mol. The van der Waals surface area contributed by atoms with Crippen molar-refractivity contribution in [1.82, 2.24) is 0 Å². The largest absolute Gasteiger partial charge is 0.423 e. The van der Waals surface area contributed by atoms with Crippen LogP contribution in [0.3, 0.4) is 0 Å². The second kappa shape index (κ2) is 2.44. The van der Waals surface area contributed by atoms with Gasteiger partial charge in [0.25, 0.3) is 0 Å². The van der Waals surface area contributed by atoms with Crippen molar-refractivity contribution in [3.05, 3.63) is 40.0 Å². The number of rotatable bonds is 0. The molecule has 0 saturated heterocycles. The lowest BCUT2D eigenvalue weighted by Crippen LogP contribution is -2.08. The normalized spacial score (nSPS) is 14.5. The predicted octanol–water partition coefficient (Wildman–Crippen LogP) is 1.24. The highest BCUT2D eigenvalue weighted by Crippen LogP contribution is 2.16. The van der Waals surface area contributed by atoms with E-state index >= 15 is 0 Å². The maximum absolute atomic E-state index is 11.2. The minimum atomic E-state index is -0.423. The quantitative estimate of drug-likeness (QED) is 0.576. The van der Waals surface area contributed by atoms with Crippen molar-refractivity contribution >= 4 is 11.9 Å². The summed E-state index contributed by atoms with van der Waals surface area (Å²) < 4.78 is 4.81. The van der Waals surface area contributed by atoms with Gasteiger partial charge in [0.05, 0.1) is 5.56 Å². The van der Waals surface area contributed by atoms with Gasteiger partial charge in [-0.2, -0.15) is 0 Å². The SMILES string of the molecule is O=C1CC=Cc2oc(=O)ccc21. The lowest BCUT2D eigenvalue weighted by molar-refractivity contribution is 0.0991.